The fraction of sp³-hybridized carbons (Fsp3) is 0.263. The van der Waals surface area contributed by atoms with Crippen LogP contribution in [-0.2, 0) is 14.4 Å². The Balaban J connectivity index is 1.90. The van der Waals surface area contributed by atoms with E-state index in [0.29, 0.717) is 17.2 Å². The molecule has 0 bridgehead atoms. The number of carbonyl (C=O) groups excluding carboxylic acids is 3. The van der Waals surface area contributed by atoms with Crippen molar-refractivity contribution < 1.29 is 18.8 Å². The maximum absolute atomic E-state index is 12.7. The molecule has 1 aliphatic heterocycles. The van der Waals surface area contributed by atoms with Crippen LogP contribution in [0.1, 0.15) is 30.0 Å². The van der Waals surface area contributed by atoms with Crippen LogP contribution in [0.4, 0.5) is 5.69 Å². The minimum Gasteiger partial charge on any atom is -0.464 e. The van der Waals surface area contributed by atoms with E-state index in [4.69, 9.17) is 4.42 Å². The molecule has 1 saturated heterocycles. The highest BCUT2D eigenvalue weighted by Gasteiger charge is 2.52. The van der Waals surface area contributed by atoms with E-state index in [1.54, 1.807) is 37.5 Å². The molecule has 0 spiro atoms. The molecule has 2 atom stereocenters. The molecule has 1 amide bonds. The predicted molar refractivity (Wildman–Crippen MR) is 93.7 cm³/mol. The number of imidazole rings is 1. The number of nitrogens with one attached hydrogen (secondary N) is 1. The molecule has 1 N–H and O–H groups in total. The van der Waals surface area contributed by atoms with E-state index in [1.807, 2.05) is 6.92 Å². The standard InChI is InChI=1S/C19H17N3O4/c1-9-6-15(26-11(9)3)17-16(10(2)23)18(24)19(25)22(17)12-4-5-13-14(7-12)21-8-20-13/h4-8,16-17H,1-3H3,(H,20,21). The van der Waals surface area contributed by atoms with Crippen molar-refractivity contribution >= 4 is 34.2 Å². The van der Waals surface area contributed by atoms with Crippen LogP contribution in [0.5, 0.6) is 0 Å². The van der Waals surface area contributed by atoms with Gasteiger partial charge in [-0.2, -0.15) is 0 Å². The molecule has 0 aliphatic carbocycles. The lowest BCUT2D eigenvalue weighted by atomic mass is 9.93. The number of furan rings is 1. The summed E-state index contributed by atoms with van der Waals surface area (Å²) < 4.78 is 5.78. The van der Waals surface area contributed by atoms with Crippen LogP contribution in [0.15, 0.2) is 35.0 Å². The first-order chi connectivity index (χ1) is 12.4. The number of nitrogens with zero attached hydrogens (tertiary/aromatic N) is 2. The number of benzene rings is 1. The number of rotatable bonds is 3. The number of Topliss-reactive ketones (excluding diaryl/α,β-unsaturated/α-hetero) is 2. The second-order valence-corrected chi connectivity index (χ2v) is 6.56. The molecule has 1 aliphatic rings. The van der Waals surface area contributed by atoms with Crippen LogP contribution < -0.4 is 4.90 Å². The lowest BCUT2D eigenvalue weighted by Gasteiger charge is -2.24. The van der Waals surface area contributed by atoms with E-state index >= 15 is 0 Å². The first-order valence-corrected chi connectivity index (χ1v) is 8.26. The van der Waals surface area contributed by atoms with Crippen LogP contribution in [-0.4, -0.2) is 27.4 Å². The van der Waals surface area contributed by atoms with Gasteiger partial charge in [0.1, 0.15) is 29.3 Å². The highest BCUT2D eigenvalue weighted by atomic mass is 16.3. The Hall–Kier alpha value is -3.22. The van der Waals surface area contributed by atoms with Crippen molar-refractivity contribution in [2.45, 2.75) is 26.8 Å². The normalized spacial score (nSPS) is 20.3. The summed E-state index contributed by atoms with van der Waals surface area (Å²) in [4.78, 5) is 45.9. The maximum Gasteiger partial charge on any atom is 0.295 e. The fourth-order valence-corrected chi connectivity index (χ4v) is 3.47. The Morgan fingerprint density at radius 2 is 2.00 bits per heavy atom. The van der Waals surface area contributed by atoms with Crippen molar-refractivity contribution in [2.75, 3.05) is 4.90 Å². The van der Waals surface area contributed by atoms with Crippen LogP contribution in [0.25, 0.3) is 11.0 Å². The zero-order valence-corrected chi connectivity index (χ0v) is 14.6. The molecule has 4 rings (SSSR count). The fourth-order valence-electron chi connectivity index (χ4n) is 3.47. The van der Waals surface area contributed by atoms with Gasteiger partial charge in [-0.3, -0.25) is 19.3 Å². The Morgan fingerprint density at radius 1 is 1.23 bits per heavy atom. The third-order valence-corrected chi connectivity index (χ3v) is 4.90. The monoisotopic (exact) mass is 351 g/mol. The van der Waals surface area contributed by atoms with Gasteiger partial charge in [-0.1, -0.05) is 0 Å². The predicted octanol–water partition coefficient (Wildman–Crippen LogP) is 2.63. The smallest absolute Gasteiger partial charge is 0.295 e. The van der Waals surface area contributed by atoms with Crippen molar-refractivity contribution in [3.05, 3.63) is 47.7 Å². The molecule has 7 heteroatoms. The minimum absolute atomic E-state index is 0.356. The average molecular weight is 351 g/mol. The molecule has 1 aromatic carbocycles. The lowest BCUT2D eigenvalue weighted by molar-refractivity contribution is -0.138. The number of anilines is 1. The third kappa shape index (κ3) is 2.28. The van der Waals surface area contributed by atoms with Gasteiger partial charge in [0.15, 0.2) is 0 Å². The van der Waals surface area contributed by atoms with Gasteiger partial charge in [0, 0.05) is 5.69 Å². The van der Waals surface area contributed by atoms with Crippen molar-refractivity contribution in [3.8, 4) is 0 Å². The number of ketones is 2. The van der Waals surface area contributed by atoms with Gasteiger partial charge in [0.05, 0.1) is 17.4 Å². The van der Waals surface area contributed by atoms with Gasteiger partial charge in [-0.15, -0.1) is 0 Å². The SMILES string of the molecule is CC(=O)C1C(=O)C(=O)N(c2ccc3nc[nH]c3c2)C1c1cc(C)c(C)o1. The molecule has 2 aromatic heterocycles. The first-order valence-electron chi connectivity index (χ1n) is 8.26. The summed E-state index contributed by atoms with van der Waals surface area (Å²) in [5.74, 6) is -1.73. The number of aryl methyl sites for hydroxylation is 2. The van der Waals surface area contributed by atoms with Crippen molar-refractivity contribution in [1.29, 1.82) is 0 Å². The summed E-state index contributed by atoms with van der Waals surface area (Å²) in [7, 11) is 0. The van der Waals surface area contributed by atoms with Gasteiger partial charge in [-0.05, 0) is 50.6 Å². The number of H-pyrrole nitrogens is 1. The Kier molecular flexibility index (Phi) is 3.54. The van der Waals surface area contributed by atoms with Crippen LogP contribution in [0.3, 0.4) is 0 Å². The Bertz CT molecular complexity index is 1040. The summed E-state index contributed by atoms with van der Waals surface area (Å²) in [6.07, 6.45) is 1.56. The zero-order valence-electron chi connectivity index (χ0n) is 14.6. The number of hydrogen-bond donors (Lipinski definition) is 1. The summed E-state index contributed by atoms with van der Waals surface area (Å²) in [6.45, 7) is 5.01. The van der Waals surface area contributed by atoms with Crippen molar-refractivity contribution in [1.82, 2.24) is 9.97 Å². The van der Waals surface area contributed by atoms with E-state index in [2.05, 4.69) is 9.97 Å². The van der Waals surface area contributed by atoms with Crippen LogP contribution in [0.2, 0.25) is 0 Å². The van der Waals surface area contributed by atoms with E-state index in [0.717, 1.165) is 16.6 Å². The number of aromatic nitrogens is 2. The molecular formula is C19H17N3O4. The molecule has 7 nitrogen and oxygen atoms in total. The Labute approximate surface area is 149 Å². The zero-order chi connectivity index (χ0) is 18.6. The second kappa shape index (κ2) is 5.66. The average Bonchev–Trinajstić information content (AvgIpc) is 3.25. The van der Waals surface area contributed by atoms with E-state index in [1.165, 1.54) is 11.8 Å². The quantitative estimate of drug-likeness (QED) is 0.578. The molecule has 2 unspecified atom stereocenters. The number of hydrogen-bond acceptors (Lipinski definition) is 5. The van der Waals surface area contributed by atoms with Gasteiger partial charge in [0.25, 0.3) is 5.91 Å². The van der Waals surface area contributed by atoms with E-state index in [-0.39, 0.29) is 5.78 Å². The van der Waals surface area contributed by atoms with E-state index in [9.17, 15) is 14.4 Å². The second-order valence-electron chi connectivity index (χ2n) is 6.56. The molecule has 3 aromatic rings. The summed E-state index contributed by atoms with van der Waals surface area (Å²) in [5.41, 5.74) is 2.90. The molecular weight excluding hydrogens is 334 g/mol. The summed E-state index contributed by atoms with van der Waals surface area (Å²) >= 11 is 0. The first kappa shape index (κ1) is 16.3. The molecule has 0 radical (unpaired) electrons. The van der Waals surface area contributed by atoms with Gasteiger partial charge >= 0.3 is 0 Å². The summed E-state index contributed by atoms with van der Waals surface area (Å²) in [6, 6.07) is 6.21. The molecule has 132 valence electrons. The third-order valence-electron chi connectivity index (χ3n) is 4.90. The number of aromatic amines is 1. The van der Waals surface area contributed by atoms with Gasteiger partial charge in [-0.25, -0.2) is 4.98 Å². The number of amides is 1. The largest absolute Gasteiger partial charge is 0.464 e. The number of carbonyl (C=O) groups is 3. The number of fused-ring (bicyclic) bond motifs is 1. The highest BCUT2D eigenvalue weighted by Crippen LogP contribution is 2.41. The van der Waals surface area contributed by atoms with Crippen molar-refractivity contribution in [3.63, 3.8) is 0 Å². The summed E-state index contributed by atoms with van der Waals surface area (Å²) in [5, 5.41) is 0. The molecule has 0 saturated carbocycles. The minimum atomic E-state index is -1.08. The lowest BCUT2D eigenvalue weighted by Crippen LogP contribution is -2.30. The van der Waals surface area contributed by atoms with Crippen molar-refractivity contribution in [2.24, 2.45) is 5.92 Å². The highest BCUT2D eigenvalue weighted by molar-refractivity contribution is 6.48. The topological polar surface area (TPSA) is 96.3 Å². The van der Waals surface area contributed by atoms with Crippen LogP contribution >= 0.6 is 0 Å². The van der Waals surface area contributed by atoms with Gasteiger partial charge in [0.2, 0.25) is 5.78 Å². The van der Waals surface area contributed by atoms with Crippen LogP contribution in [0, 0.1) is 19.8 Å². The maximum atomic E-state index is 12.7. The van der Waals surface area contributed by atoms with E-state index < -0.39 is 23.7 Å². The van der Waals surface area contributed by atoms with Gasteiger partial charge < -0.3 is 9.40 Å². The molecule has 26 heavy (non-hydrogen) atoms. The Morgan fingerprint density at radius 3 is 2.65 bits per heavy atom. The molecule has 3 heterocycles. The molecule has 1 fully saturated rings.